The minimum Gasteiger partial charge on any atom is -0.493 e. The minimum absolute atomic E-state index is 0.329. The van der Waals surface area contributed by atoms with Gasteiger partial charge >= 0.3 is 0 Å². The van der Waals surface area contributed by atoms with Gasteiger partial charge in [-0.25, -0.2) is 0 Å². The number of hydrogen-bond donors (Lipinski definition) is 1. The van der Waals surface area contributed by atoms with Crippen LogP contribution in [0.4, 0.5) is 5.69 Å². The molecule has 0 radical (unpaired) electrons. The van der Waals surface area contributed by atoms with Crippen LogP contribution in [0.3, 0.4) is 0 Å². The topological polar surface area (TPSA) is 59.0 Å². The van der Waals surface area contributed by atoms with Gasteiger partial charge in [0, 0.05) is 5.69 Å². The van der Waals surface area contributed by atoms with Crippen LogP contribution in [-0.4, -0.2) is 6.61 Å². The molecule has 0 amide bonds. The van der Waals surface area contributed by atoms with Gasteiger partial charge in [0.1, 0.15) is 5.75 Å². The monoisotopic (exact) mass is 260 g/mol. The molecule has 0 spiro atoms. The van der Waals surface area contributed by atoms with Crippen LogP contribution < -0.4 is 10.5 Å². The zero-order valence-electron chi connectivity index (χ0n) is 12.0. The number of benzene rings is 1. The first-order valence-electron chi connectivity index (χ1n) is 7.09. The third-order valence-corrected chi connectivity index (χ3v) is 3.41. The molecule has 1 aromatic rings. The molecular formula is C16H24N2O. The van der Waals surface area contributed by atoms with E-state index in [0.29, 0.717) is 18.0 Å². The van der Waals surface area contributed by atoms with Crippen molar-refractivity contribution in [2.24, 2.45) is 5.92 Å². The van der Waals surface area contributed by atoms with Crippen molar-refractivity contribution in [3.8, 4) is 11.8 Å². The largest absolute Gasteiger partial charge is 0.493 e. The van der Waals surface area contributed by atoms with Crippen molar-refractivity contribution in [3.05, 3.63) is 23.8 Å². The van der Waals surface area contributed by atoms with Gasteiger partial charge in [-0.1, -0.05) is 33.1 Å². The highest BCUT2D eigenvalue weighted by molar-refractivity contribution is 5.51. The average molecular weight is 260 g/mol. The molecule has 0 aliphatic carbocycles. The van der Waals surface area contributed by atoms with E-state index in [0.717, 1.165) is 24.3 Å². The highest BCUT2D eigenvalue weighted by Gasteiger charge is 2.08. The summed E-state index contributed by atoms with van der Waals surface area (Å²) in [6.45, 7) is 5.15. The highest BCUT2D eigenvalue weighted by atomic mass is 16.5. The van der Waals surface area contributed by atoms with Gasteiger partial charge < -0.3 is 10.5 Å². The van der Waals surface area contributed by atoms with Crippen LogP contribution in [-0.2, 0) is 6.42 Å². The van der Waals surface area contributed by atoms with E-state index < -0.39 is 0 Å². The lowest BCUT2D eigenvalue weighted by Crippen LogP contribution is -2.11. The first kappa shape index (κ1) is 15.4. The normalized spacial score (nSPS) is 11.8. The molecule has 19 heavy (non-hydrogen) atoms. The molecule has 0 fully saturated rings. The van der Waals surface area contributed by atoms with E-state index in [-0.39, 0.29) is 0 Å². The average Bonchev–Trinajstić information content (AvgIpc) is 2.42. The van der Waals surface area contributed by atoms with E-state index in [4.69, 9.17) is 15.7 Å². The van der Waals surface area contributed by atoms with E-state index in [1.165, 1.54) is 19.3 Å². The molecule has 0 bridgehead atoms. The van der Waals surface area contributed by atoms with Gasteiger partial charge in [-0.3, -0.25) is 0 Å². The number of nitriles is 1. The molecule has 0 saturated heterocycles. The molecule has 0 saturated carbocycles. The summed E-state index contributed by atoms with van der Waals surface area (Å²) in [5.41, 5.74) is 7.32. The maximum absolute atomic E-state index is 8.74. The Morgan fingerprint density at radius 2 is 2.16 bits per heavy atom. The first-order valence-corrected chi connectivity index (χ1v) is 7.09. The van der Waals surface area contributed by atoms with E-state index in [1.54, 1.807) is 0 Å². The molecule has 3 nitrogen and oxygen atoms in total. The summed E-state index contributed by atoms with van der Waals surface area (Å²) in [7, 11) is 0. The van der Waals surface area contributed by atoms with Gasteiger partial charge in [-0.15, -0.1) is 0 Å². The van der Waals surface area contributed by atoms with Crippen LogP contribution >= 0.6 is 0 Å². The fourth-order valence-electron chi connectivity index (χ4n) is 2.02. The quantitative estimate of drug-likeness (QED) is 0.720. The van der Waals surface area contributed by atoms with Gasteiger partial charge in [0.15, 0.2) is 0 Å². The lowest BCUT2D eigenvalue weighted by atomic mass is 10.0. The summed E-state index contributed by atoms with van der Waals surface area (Å²) in [5, 5.41) is 8.74. The van der Waals surface area contributed by atoms with E-state index >= 15 is 0 Å². The number of hydrogen-bond acceptors (Lipinski definition) is 3. The summed E-state index contributed by atoms with van der Waals surface area (Å²) in [4.78, 5) is 0. The number of anilines is 1. The van der Waals surface area contributed by atoms with Crippen LogP contribution in [0.5, 0.6) is 5.75 Å². The SMILES string of the molecule is CCCCC(CC)COc1ccc(N)c(CC#N)c1. The van der Waals surface area contributed by atoms with Crippen LogP contribution in [0.15, 0.2) is 18.2 Å². The molecule has 0 aliphatic heterocycles. The van der Waals surface area contributed by atoms with Crippen LogP contribution in [0.2, 0.25) is 0 Å². The number of unbranched alkanes of at least 4 members (excludes halogenated alkanes) is 1. The van der Waals surface area contributed by atoms with E-state index in [9.17, 15) is 0 Å². The van der Waals surface area contributed by atoms with Crippen molar-refractivity contribution in [1.82, 2.24) is 0 Å². The Kier molecular flexibility index (Phi) is 6.81. The van der Waals surface area contributed by atoms with E-state index in [2.05, 4.69) is 19.9 Å². The van der Waals surface area contributed by atoms with Crippen molar-refractivity contribution < 1.29 is 4.74 Å². The van der Waals surface area contributed by atoms with Crippen molar-refractivity contribution >= 4 is 5.69 Å². The van der Waals surface area contributed by atoms with Crippen molar-refractivity contribution in [2.45, 2.75) is 46.0 Å². The fourth-order valence-corrected chi connectivity index (χ4v) is 2.02. The number of nitrogens with two attached hydrogens (primary N) is 1. The van der Waals surface area contributed by atoms with Gasteiger partial charge in [0.25, 0.3) is 0 Å². The summed E-state index contributed by atoms with van der Waals surface area (Å²) in [5.74, 6) is 1.42. The third-order valence-electron chi connectivity index (χ3n) is 3.41. The molecule has 0 aromatic heterocycles. The predicted molar refractivity (Wildman–Crippen MR) is 79.0 cm³/mol. The predicted octanol–water partition coefficient (Wildman–Crippen LogP) is 3.93. The minimum atomic E-state index is 0.329. The van der Waals surface area contributed by atoms with E-state index in [1.807, 2.05) is 18.2 Å². The van der Waals surface area contributed by atoms with Crippen molar-refractivity contribution in [2.75, 3.05) is 12.3 Å². The first-order chi connectivity index (χ1) is 9.21. The lowest BCUT2D eigenvalue weighted by Gasteiger charge is -2.16. The second-order valence-electron chi connectivity index (χ2n) is 4.92. The van der Waals surface area contributed by atoms with Crippen LogP contribution in [0.25, 0.3) is 0 Å². The van der Waals surface area contributed by atoms with Gasteiger partial charge in [0.2, 0.25) is 0 Å². The summed E-state index contributed by atoms with van der Waals surface area (Å²) < 4.78 is 5.83. The lowest BCUT2D eigenvalue weighted by molar-refractivity contribution is 0.233. The molecule has 1 rings (SSSR count). The highest BCUT2D eigenvalue weighted by Crippen LogP contribution is 2.22. The summed E-state index contributed by atoms with van der Waals surface area (Å²) >= 11 is 0. The van der Waals surface area contributed by atoms with Crippen molar-refractivity contribution in [1.29, 1.82) is 5.26 Å². The third kappa shape index (κ3) is 5.21. The number of ether oxygens (including phenoxy) is 1. The fraction of sp³-hybridized carbons (Fsp3) is 0.562. The van der Waals surface area contributed by atoms with Gasteiger partial charge in [0.05, 0.1) is 19.1 Å². The molecule has 104 valence electrons. The Labute approximate surface area is 116 Å². The standard InChI is InChI=1S/C16H24N2O/c1-3-5-6-13(4-2)12-19-15-7-8-16(18)14(11-15)9-10-17/h7-8,11,13H,3-6,9,12,18H2,1-2H3. The molecule has 2 N–H and O–H groups in total. The molecule has 1 atom stereocenters. The molecule has 0 aliphatic rings. The Bertz CT molecular complexity index is 423. The maximum atomic E-state index is 8.74. The maximum Gasteiger partial charge on any atom is 0.119 e. The molecule has 0 heterocycles. The molecule has 1 aromatic carbocycles. The van der Waals surface area contributed by atoms with Crippen LogP contribution in [0, 0.1) is 17.2 Å². The smallest absolute Gasteiger partial charge is 0.119 e. The Hall–Kier alpha value is -1.69. The number of rotatable bonds is 8. The molecular weight excluding hydrogens is 236 g/mol. The molecule has 1 unspecified atom stereocenters. The second kappa shape index (κ2) is 8.42. The Morgan fingerprint density at radius 1 is 1.37 bits per heavy atom. The Balaban J connectivity index is 2.57. The zero-order chi connectivity index (χ0) is 14.1. The summed E-state index contributed by atoms with van der Waals surface area (Å²) in [6, 6.07) is 7.69. The molecule has 3 heteroatoms. The second-order valence-corrected chi connectivity index (χ2v) is 4.92. The number of nitrogens with zero attached hydrogens (tertiary/aromatic N) is 1. The Morgan fingerprint density at radius 3 is 2.79 bits per heavy atom. The zero-order valence-corrected chi connectivity index (χ0v) is 12.0. The van der Waals surface area contributed by atoms with Crippen molar-refractivity contribution in [3.63, 3.8) is 0 Å². The van der Waals surface area contributed by atoms with Crippen LogP contribution in [0.1, 0.15) is 45.1 Å². The van der Waals surface area contributed by atoms with Gasteiger partial charge in [-0.05, 0) is 36.1 Å². The van der Waals surface area contributed by atoms with Gasteiger partial charge in [-0.2, -0.15) is 5.26 Å². The summed E-state index contributed by atoms with van der Waals surface area (Å²) in [6.07, 6.45) is 5.16. The number of nitrogen functional groups attached to an aromatic ring is 1.